The third kappa shape index (κ3) is 22.7. The molecule has 0 aliphatic rings. The number of esters is 2. The Bertz CT molecular complexity index is 286. The smallest absolute Gasteiger partial charge is 0.330 e. The zero-order valence-electron chi connectivity index (χ0n) is 13.6. The Kier molecular flexibility index (Phi) is 20.8. The van der Waals surface area contributed by atoms with E-state index in [0.29, 0.717) is 0 Å². The number of aliphatic hydroxyl groups excluding tert-OH is 2. The van der Waals surface area contributed by atoms with Gasteiger partial charge in [0.2, 0.25) is 0 Å². The Balaban J connectivity index is 0. The van der Waals surface area contributed by atoms with Crippen molar-refractivity contribution in [1.82, 2.24) is 0 Å². The second-order valence-corrected chi connectivity index (χ2v) is 4.22. The minimum atomic E-state index is -0.489. The number of rotatable bonds is 13. The Morgan fingerprint density at radius 2 is 1.13 bits per heavy atom. The fourth-order valence-electron chi connectivity index (χ4n) is 1.20. The van der Waals surface area contributed by atoms with Gasteiger partial charge in [0, 0.05) is 25.4 Å². The molecule has 134 valence electrons. The minimum absolute atomic E-state index is 0.153. The average molecular weight is 332 g/mol. The van der Waals surface area contributed by atoms with Crippen molar-refractivity contribution in [1.29, 1.82) is 0 Å². The second kappa shape index (κ2) is 20.3. The number of carbonyl (C=O) groups is 2. The summed E-state index contributed by atoms with van der Waals surface area (Å²) >= 11 is 0. The first-order chi connectivity index (χ1) is 11.1. The van der Waals surface area contributed by atoms with Gasteiger partial charge in [-0.3, -0.25) is 0 Å². The monoisotopic (exact) mass is 332 g/mol. The van der Waals surface area contributed by atoms with Gasteiger partial charge < -0.3 is 24.4 Å². The number of aliphatic hydroxyl groups is 2. The molecule has 0 aliphatic heterocycles. The molecule has 0 bridgehead atoms. The average Bonchev–Trinajstić information content (AvgIpc) is 2.58. The Morgan fingerprint density at radius 1 is 0.739 bits per heavy atom. The van der Waals surface area contributed by atoms with Gasteiger partial charge in [-0.25, -0.2) is 9.59 Å². The van der Waals surface area contributed by atoms with Crippen molar-refractivity contribution in [2.45, 2.75) is 25.7 Å². The Labute approximate surface area is 137 Å². The predicted molar refractivity (Wildman–Crippen MR) is 85.8 cm³/mol. The van der Waals surface area contributed by atoms with Crippen LogP contribution in [0.5, 0.6) is 0 Å². The third-order valence-electron chi connectivity index (χ3n) is 2.34. The van der Waals surface area contributed by atoms with Crippen molar-refractivity contribution in [3.8, 4) is 0 Å². The van der Waals surface area contributed by atoms with E-state index in [2.05, 4.69) is 22.6 Å². The molecule has 0 radical (unpaired) electrons. The summed E-state index contributed by atoms with van der Waals surface area (Å²) in [6, 6.07) is 0. The number of carbonyl (C=O) groups excluding carboxylic acids is 2. The first kappa shape index (κ1) is 23.6. The highest BCUT2D eigenvalue weighted by Crippen LogP contribution is 1.96. The molecule has 0 amide bonds. The lowest BCUT2D eigenvalue weighted by atomic mass is 10.2. The largest absolute Gasteiger partial charge is 0.460 e. The van der Waals surface area contributed by atoms with E-state index in [9.17, 15) is 9.59 Å². The van der Waals surface area contributed by atoms with Gasteiger partial charge in [-0.05, 0) is 12.8 Å². The standard InChI is InChI=1S/C10H14O5.C6H14O2/c1-3-9(11)14-7-5-13-6-8-15-10(12)4-2;7-5-3-1-2-4-6-8/h3-4H,1-2,5-8H2;7-8H,1-6H2. The molecule has 0 aromatic rings. The van der Waals surface area contributed by atoms with E-state index in [0.717, 1.165) is 37.8 Å². The lowest BCUT2D eigenvalue weighted by Gasteiger charge is -2.04. The molecule has 0 atom stereocenters. The molecule has 7 nitrogen and oxygen atoms in total. The summed E-state index contributed by atoms with van der Waals surface area (Å²) in [7, 11) is 0. The van der Waals surface area contributed by atoms with Crippen LogP contribution in [0.3, 0.4) is 0 Å². The van der Waals surface area contributed by atoms with Crippen LogP contribution >= 0.6 is 0 Å². The molecule has 0 saturated heterocycles. The van der Waals surface area contributed by atoms with Crippen molar-refractivity contribution in [3.63, 3.8) is 0 Å². The molecule has 0 spiro atoms. The lowest BCUT2D eigenvalue weighted by molar-refractivity contribution is -0.140. The maximum Gasteiger partial charge on any atom is 0.330 e. The van der Waals surface area contributed by atoms with Gasteiger partial charge in [-0.1, -0.05) is 26.0 Å². The quantitative estimate of drug-likeness (QED) is 0.294. The molecule has 0 aromatic carbocycles. The highest BCUT2D eigenvalue weighted by atomic mass is 16.6. The second-order valence-electron chi connectivity index (χ2n) is 4.22. The topological polar surface area (TPSA) is 102 Å². The zero-order valence-corrected chi connectivity index (χ0v) is 13.6. The van der Waals surface area contributed by atoms with Crippen molar-refractivity contribution in [2.24, 2.45) is 0 Å². The van der Waals surface area contributed by atoms with Crippen LogP contribution in [0.15, 0.2) is 25.3 Å². The molecule has 0 heterocycles. The van der Waals surface area contributed by atoms with Gasteiger partial charge in [0.15, 0.2) is 0 Å². The first-order valence-electron chi connectivity index (χ1n) is 7.50. The predicted octanol–water partition coefficient (Wildman–Crippen LogP) is 0.993. The lowest BCUT2D eigenvalue weighted by Crippen LogP contribution is -2.12. The van der Waals surface area contributed by atoms with Crippen LogP contribution in [0, 0.1) is 0 Å². The van der Waals surface area contributed by atoms with E-state index in [-0.39, 0.29) is 39.6 Å². The molecular weight excluding hydrogens is 304 g/mol. The van der Waals surface area contributed by atoms with Crippen molar-refractivity contribution in [3.05, 3.63) is 25.3 Å². The van der Waals surface area contributed by atoms with Crippen molar-refractivity contribution < 1.29 is 34.0 Å². The van der Waals surface area contributed by atoms with E-state index < -0.39 is 11.9 Å². The third-order valence-corrected chi connectivity index (χ3v) is 2.34. The van der Waals surface area contributed by atoms with Crippen LogP contribution < -0.4 is 0 Å². The van der Waals surface area contributed by atoms with Crippen LogP contribution in [0.25, 0.3) is 0 Å². The molecule has 23 heavy (non-hydrogen) atoms. The normalized spacial score (nSPS) is 9.30. The fourth-order valence-corrected chi connectivity index (χ4v) is 1.20. The van der Waals surface area contributed by atoms with E-state index in [1.54, 1.807) is 0 Å². The number of unbranched alkanes of at least 4 members (excludes halogenated alkanes) is 3. The van der Waals surface area contributed by atoms with Gasteiger partial charge in [-0.15, -0.1) is 0 Å². The Morgan fingerprint density at radius 3 is 1.43 bits per heavy atom. The van der Waals surface area contributed by atoms with E-state index >= 15 is 0 Å². The van der Waals surface area contributed by atoms with Gasteiger partial charge >= 0.3 is 11.9 Å². The van der Waals surface area contributed by atoms with Crippen LogP contribution in [0.1, 0.15) is 25.7 Å². The number of hydrogen-bond donors (Lipinski definition) is 2. The van der Waals surface area contributed by atoms with Crippen LogP contribution in [0.2, 0.25) is 0 Å². The summed E-state index contributed by atoms with van der Waals surface area (Å²) in [5.41, 5.74) is 0. The maximum absolute atomic E-state index is 10.6. The molecule has 7 heteroatoms. The minimum Gasteiger partial charge on any atom is -0.460 e. The SMILES string of the molecule is C=CC(=O)OCCOCCOC(=O)C=C.OCCCCCCO. The summed E-state index contributed by atoms with van der Waals surface area (Å²) in [4.78, 5) is 21.1. The summed E-state index contributed by atoms with van der Waals surface area (Å²) in [6.07, 6.45) is 5.98. The van der Waals surface area contributed by atoms with Crippen LogP contribution in [-0.2, 0) is 23.8 Å². The summed E-state index contributed by atoms with van der Waals surface area (Å²) in [5, 5.41) is 16.6. The molecule has 0 saturated carbocycles. The molecule has 2 N–H and O–H groups in total. The Hall–Kier alpha value is -1.70. The number of ether oxygens (including phenoxy) is 3. The van der Waals surface area contributed by atoms with Gasteiger partial charge in [0.05, 0.1) is 13.2 Å². The summed E-state index contributed by atoms with van der Waals surface area (Å²) in [6.45, 7) is 7.85. The molecular formula is C16H28O7. The maximum atomic E-state index is 10.6. The zero-order chi connectivity index (χ0) is 17.8. The summed E-state index contributed by atoms with van der Waals surface area (Å²) in [5.74, 6) is -0.978. The van der Waals surface area contributed by atoms with Gasteiger partial charge in [0.1, 0.15) is 13.2 Å². The highest BCUT2D eigenvalue weighted by molar-refractivity contribution is 5.81. The van der Waals surface area contributed by atoms with E-state index in [4.69, 9.17) is 14.9 Å². The molecule has 0 aliphatic carbocycles. The molecule has 0 unspecified atom stereocenters. The van der Waals surface area contributed by atoms with Crippen LogP contribution in [0.4, 0.5) is 0 Å². The molecule has 0 aromatic heterocycles. The molecule has 0 fully saturated rings. The fraction of sp³-hybridized carbons (Fsp3) is 0.625. The highest BCUT2D eigenvalue weighted by Gasteiger charge is 1.96. The van der Waals surface area contributed by atoms with Gasteiger partial charge in [0.25, 0.3) is 0 Å². The molecule has 0 rings (SSSR count). The van der Waals surface area contributed by atoms with Crippen molar-refractivity contribution >= 4 is 11.9 Å². The first-order valence-corrected chi connectivity index (χ1v) is 7.50. The van der Waals surface area contributed by atoms with Crippen LogP contribution in [-0.4, -0.2) is 61.8 Å². The van der Waals surface area contributed by atoms with Gasteiger partial charge in [-0.2, -0.15) is 0 Å². The van der Waals surface area contributed by atoms with E-state index in [1.165, 1.54) is 0 Å². The van der Waals surface area contributed by atoms with Crippen molar-refractivity contribution in [2.75, 3.05) is 39.6 Å². The summed E-state index contributed by atoms with van der Waals surface area (Å²) < 4.78 is 14.3. The number of hydrogen-bond acceptors (Lipinski definition) is 7. The van der Waals surface area contributed by atoms with E-state index in [1.807, 2.05) is 0 Å².